The highest BCUT2D eigenvalue weighted by molar-refractivity contribution is 5.66. The Labute approximate surface area is 109 Å². The van der Waals surface area contributed by atoms with Gasteiger partial charge in [0.25, 0.3) is 6.43 Å². The smallest absolute Gasteiger partial charge is 0.408 e. The summed E-state index contributed by atoms with van der Waals surface area (Å²) in [7, 11) is 0. The summed E-state index contributed by atoms with van der Waals surface area (Å²) < 4.78 is 25.1. The van der Waals surface area contributed by atoms with E-state index in [1.807, 2.05) is 6.92 Å². The predicted molar refractivity (Wildman–Crippen MR) is 65.1 cm³/mol. The van der Waals surface area contributed by atoms with Crippen LogP contribution >= 0.6 is 0 Å². The Morgan fingerprint density at radius 2 is 2.37 bits per heavy atom. The Balaban J connectivity index is 2.12. The van der Waals surface area contributed by atoms with Gasteiger partial charge < -0.3 is 10.4 Å². The van der Waals surface area contributed by atoms with Crippen LogP contribution in [-0.4, -0.2) is 33.8 Å². The molecule has 104 valence electrons. The molecule has 1 aromatic heterocycles. The van der Waals surface area contributed by atoms with Crippen molar-refractivity contribution in [2.75, 3.05) is 11.9 Å². The highest BCUT2D eigenvalue weighted by Crippen LogP contribution is 2.25. The summed E-state index contributed by atoms with van der Waals surface area (Å²) in [4.78, 5) is 16.3. The molecular formula is C12H15F2N3O2. The van der Waals surface area contributed by atoms with Gasteiger partial charge in [-0.05, 0) is 24.5 Å². The van der Waals surface area contributed by atoms with Crippen LogP contribution in [0.1, 0.15) is 25.3 Å². The van der Waals surface area contributed by atoms with E-state index in [0.29, 0.717) is 13.0 Å². The SMILES string of the molecule is CC1CC(Nc2cc(C(F)F)ccn2)N(C(=O)O)C1. The zero-order valence-electron chi connectivity index (χ0n) is 10.4. The van der Waals surface area contributed by atoms with E-state index < -0.39 is 18.7 Å². The van der Waals surface area contributed by atoms with Crippen LogP contribution in [0.5, 0.6) is 0 Å². The van der Waals surface area contributed by atoms with Gasteiger partial charge in [0.15, 0.2) is 0 Å². The summed E-state index contributed by atoms with van der Waals surface area (Å²) >= 11 is 0. The number of likely N-dealkylation sites (tertiary alicyclic amines) is 1. The second-order valence-corrected chi connectivity index (χ2v) is 4.71. The van der Waals surface area contributed by atoms with E-state index in [0.717, 1.165) is 0 Å². The maximum Gasteiger partial charge on any atom is 0.408 e. The molecule has 0 aliphatic carbocycles. The minimum absolute atomic E-state index is 0.134. The zero-order valence-corrected chi connectivity index (χ0v) is 10.4. The van der Waals surface area contributed by atoms with Crippen molar-refractivity contribution in [1.82, 2.24) is 9.88 Å². The minimum atomic E-state index is -2.57. The maximum absolute atomic E-state index is 12.6. The molecule has 0 aromatic carbocycles. The molecule has 0 spiro atoms. The molecule has 5 nitrogen and oxygen atoms in total. The van der Waals surface area contributed by atoms with Gasteiger partial charge in [0.05, 0.1) is 0 Å². The van der Waals surface area contributed by atoms with Gasteiger partial charge >= 0.3 is 6.09 Å². The largest absolute Gasteiger partial charge is 0.465 e. The number of carboxylic acid groups (broad SMARTS) is 1. The first-order valence-corrected chi connectivity index (χ1v) is 5.97. The molecule has 2 heterocycles. The molecule has 1 aliphatic rings. The average Bonchev–Trinajstić information content (AvgIpc) is 2.70. The van der Waals surface area contributed by atoms with E-state index in [1.54, 1.807) is 0 Å². The number of nitrogens with one attached hydrogen (secondary N) is 1. The quantitative estimate of drug-likeness (QED) is 0.887. The molecule has 2 N–H and O–H groups in total. The first kappa shape index (κ1) is 13.5. The third kappa shape index (κ3) is 3.10. The molecule has 2 unspecified atom stereocenters. The number of amides is 1. The number of anilines is 1. The summed E-state index contributed by atoms with van der Waals surface area (Å²) in [5.41, 5.74) is -0.134. The lowest BCUT2D eigenvalue weighted by Gasteiger charge is -2.23. The number of nitrogens with zero attached hydrogens (tertiary/aromatic N) is 2. The van der Waals surface area contributed by atoms with E-state index in [1.165, 1.54) is 23.2 Å². The molecule has 0 bridgehead atoms. The van der Waals surface area contributed by atoms with Crippen LogP contribution in [0, 0.1) is 5.92 Å². The van der Waals surface area contributed by atoms with Crippen LogP contribution in [0.4, 0.5) is 19.4 Å². The first-order chi connectivity index (χ1) is 8.97. The molecule has 1 aromatic rings. The van der Waals surface area contributed by atoms with E-state index in [9.17, 15) is 13.6 Å². The van der Waals surface area contributed by atoms with Crippen molar-refractivity contribution in [1.29, 1.82) is 0 Å². The first-order valence-electron chi connectivity index (χ1n) is 5.97. The summed E-state index contributed by atoms with van der Waals surface area (Å²) in [5, 5.41) is 12.0. The van der Waals surface area contributed by atoms with Crippen LogP contribution in [-0.2, 0) is 0 Å². The van der Waals surface area contributed by atoms with E-state index in [-0.39, 0.29) is 17.3 Å². The highest BCUT2D eigenvalue weighted by Gasteiger charge is 2.33. The molecule has 0 saturated carbocycles. The lowest BCUT2D eigenvalue weighted by Crippen LogP contribution is -2.39. The van der Waals surface area contributed by atoms with Crippen molar-refractivity contribution < 1.29 is 18.7 Å². The van der Waals surface area contributed by atoms with Crippen LogP contribution < -0.4 is 5.32 Å². The number of hydrogen-bond acceptors (Lipinski definition) is 3. The molecule has 0 radical (unpaired) electrons. The molecule has 7 heteroatoms. The number of carbonyl (C=O) groups is 1. The minimum Gasteiger partial charge on any atom is -0.465 e. The number of aromatic nitrogens is 1. The standard InChI is InChI=1S/C12H15F2N3O2/c1-7-4-10(17(6-7)12(18)19)16-9-5-8(11(13)14)2-3-15-9/h2-3,5,7,10-11H,4,6H2,1H3,(H,15,16)(H,18,19). The normalized spacial score (nSPS) is 22.8. The number of hydrogen-bond donors (Lipinski definition) is 2. The molecule has 1 saturated heterocycles. The van der Waals surface area contributed by atoms with Gasteiger partial charge in [0.1, 0.15) is 12.0 Å². The average molecular weight is 271 g/mol. The van der Waals surface area contributed by atoms with Gasteiger partial charge in [0, 0.05) is 18.3 Å². The van der Waals surface area contributed by atoms with E-state index in [2.05, 4.69) is 10.3 Å². The van der Waals surface area contributed by atoms with Crippen molar-refractivity contribution in [3.05, 3.63) is 23.9 Å². The van der Waals surface area contributed by atoms with Crippen molar-refractivity contribution >= 4 is 11.9 Å². The van der Waals surface area contributed by atoms with Gasteiger partial charge in [-0.2, -0.15) is 0 Å². The van der Waals surface area contributed by atoms with Crippen LogP contribution in [0.2, 0.25) is 0 Å². The number of halogens is 2. The van der Waals surface area contributed by atoms with Gasteiger partial charge in [-0.15, -0.1) is 0 Å². The molecule has 2 rings (SSSR count). The third-order valence-electron chi connectivity index (χ3n) is 3.11. The molecule has 19 heavy (non-hydrogen) atoms. The number of pyridine rings is 1. The maximum atomic E-state index is 12.6. The summed E-state index contributed by atoms with van der Waals surface area (Å²) in [5.74, 6) is 0.495. The Kier molecular flexibility index (Phi) is 3.82. The second kappa shape index (κ2) is 5.38. The Morgan fingerprint density at radius 3 is 3.00 bits per heavy atom. The molecule has 2 atom stereocenters. The van der Waals surface area contributed by atoms with Crippen molar-refractivity contribution in [2.45, 2.75) is 25.9 Å². The molecular weight excluding hydrogens is 256 g/mol. The fraction of sp³-hybridized carbons (Fsp3) is 0.500. The van der Waals surface area contributed by atoms with Crippen LogP contribution in [0.3, 0.4) is 0 Å². The summed E-state index contributed by atoms with van der Waals surface area (Å²) in [6.45, 7) is 2.38. The van der Waals surface area contributed by atoms with Gasteiger partial charge in [-0.3, -0.25) is 4.90 Å². The second-order valence-electron chi connectivity index (χ2n) is 4.71. The fourth-order valence-electron chi connectivity index (χ4n) is 2.23. The number of rotatable bonds is 3. The van der Waals surface area contributed by atoms with Gasteiger partial charge in [-0.25, -0.2) is 18.6 Å². The van der Waals surface area contributed by atoms with E-state index >= 15 is 0 Å². The van der Waals surface area contributed by atoms with Crippen molar-refractivity contribution in [2.24, 2.45) is 5.92 Å². The number of alkyl halides is 2. The Hall–Kier alpha value is -1.92. The van der Waals surface area contributed by atoms with Crippen molar-refractivity contribution in [3.63, 3.8) is 0 Å². The van der Waals surface area contributed by atoms with Crippen LogP contribution in [0.25, 0.3) is 0 Å². The molecule has 1 amide bonds. The lowest BCUT2D eigenvalue weighted by atomic mass is 10.1. The van der Waals surface area contributed by atoms with Crippen molar-refractivity contribution in [3.8, 4) is 0 Å². The fourth-order valence-corrected chi connectivity index (χ4v) is 2.23. The van der Waals surface area contributed by atoms with Gasteiger partial charge in [-0.1, -0.05) is 6.92 Å². The zero-order chi connectivity index (χ0) is 14.0. The monoisotopic (exact) mass is 271 g/mol. The Morgan fingerprint density at radius 1 is 1.63 bits per heavy atom. The molecule has 1 aliphatic heterocycles. The highest BCUT2D eigenvalue weighted by atomic mass is 19.3. The third-order valence-corrected chi connectivity index (χ3v) is 3.11. The summed E-state index contributed by atoms with van der Waals surface area (Å²) in [6, 6.07) is 2.48. The van der Waals surface area contributed by atoms with Gasteiger partial charge in [0.2, 0.25) is 0 Å². The Bertz CT molecular complexity index is 470. The van der Waals surface area contributed by atoms with E-state index in [4.69, 9.17) is 5.11 Å². The lowest BCUT2D eigenvalue weighted by molar-refractivity contribution is 0.143. The molecule has 1 fully saturated rings. The summed E-state index contributed by atoms with van der Waals surface area (Å²) in [6.07, 6.45) is -2.10. The van der Waals surface area contributed by atoms with Crippen LogP contribution in [0.15, 0.2) is 18.3 Å². The predicted octanol–water partition coefficient (Wildman–Crippen LogP) is 2.78. The topological polar surface area (TPSA) is 65.5 Å².